The van der Waals surface area contributed by atoms with Crippen molar-refractivity contribution in [2.45, 2.75) is 289 Å². The maximum absolute atomic E-state index is 12.9. The highest BCUT2D eigenvalue weighted by atomic mass is 31.2. The average molecular weight is 940 g/mol. The molecule has 65 heavy (non-hydrogen) atoms. The van der Waals surface area contributed by atoms with Gasteiger partial charge in [-0.05, 0) is 44.9 Å². The number of hydrogen-bond acceptors (Lipinski definition) is 5. The monoisotopic (exact) mass is 940 g/mol. The predicted octanol–water partition coefficient (Wildman–Crippen LogP) is 16.8. The van der Waals surface area contributed by atoms with Crippen LogP contribution in [0.25, 0.3) is 0 Å². The van der Waals surface area contributed by atoms with E-state index in [-0.39, 0.29) is 19.1 Å². The summed E-state index contributed by atoms with van der Waals surface area (Å²) in [7, 11) is 1.58. The number of phosphoric acid groups is 1. The van der Waals surface area contributed by atoms with Crippen LogP contribution in [0.15, 0.2) is 24.3 Å². The Morgan fingerprint density at radius 3 is 1.18 bits per heavy atom. The standard InChI is InChI=1S/C56H111N2O6P/c1-6-8-10-12-14-16-18-20-21-22-23-24-25-26-27-28-29-30-31-32-33-34-35-36-37-38-40-42-44-46-48-50-56(60)57-54(53-64-65(61,62)63-52-51-58(3,4)5)55(59)49-47-45-43-41-39-19-17-15-13-11-9-7-2/h26-27,47,49,54-55,59H,6-25,28-46,48,50-53H2,1-5H3,(H-,57,60,61,62)/p+1/b27-26-,49-47+. The van der Waals surface area contributed by atoms with E-state index in [4.69, 9.17) is 9.05 Å². The third-order valence-corrected chi connectivity index (χ3v) is 13.9. The van der Waals surface area contributed by atoms with Gasteiger partial charge in [-0.2, -0.15) is 0 Å². The molecule has 386 valence electrons. The molecule has 1 amide bonds. The number of nitrogens with zero attached hydrogens (tertiary/aromatic N) is 1. The minimum absolute atomic E-state index is 0.0634. The van der Waals surface area contributed by atoms with Crippen LogP contribution < -0.4 is 5.32 Å². The van der Waals surface area contributed by atoms with E-state index in [9.17, 15) is 19.4 Å². The number of rotatable bonds is 52. The Bertz CT molecular complexity index is 1110. The SMILES string of the molecule is CCCCCCCCCCCC/C=C/C(O)C(COP(=O)(O)OCC[N+](C)(C)C)NC(=O)CCCCCCCCCCCCCCCCC/C=C\CCCCCCCCCCCCCC. The fourth-order valence-electron chi connectivity index (χ4n) is 8.45. The molecule has 0 aliphatic carbocycles. The molecule has 0 aliphatic rings. The van der Waals surface area contributed by atoms with Gasteiger partial charge in [0.2, 0.25) is 5.91 Å². The van der Waals surface area contributed by atoms with Gasteiger partial charge in [0.1, 0.15) is 13.2 Å². The lowest BCUT2D eigenvalue weighted by molar-refractivity contribution is -0.870. The molecule has 0 aromatic carbocycles. The molecule has 0 aromatic rings. The van der Waals surface area contributed by atoms with Crippen LogP contribution in [0, 0.1) is 0 Å². The van der Waals surface area contributed by atoms with Gasteiger partial charge in [-0.15, -0.1) is 0 Å². The maximum Gasteiger partial charge on any atom is 0.472 e. The van der Waals surface area contributed by atoms with Crippen LogP contribution in [0.1, 0.15) is 277 Å². The van der Waals surface area contributed by atoms with Crippen LogP contribution in [-0.4, -0.2) is 73.4 Å². The number of unbranched alkanes of at least 4 members (excludes halogenated alkanes) is 37. The van der Waals surface area contributed by atoms with Crippen molar-refractivity contribution in [1.82, 2.24) is 5.32 Å². The highest BCUT2D eigenvalue weighted by molar-refractivity contribution is 7.47. The van der Waals surface area contributed by atoms with E-state index in [1.54, 1.807) is 6.08 Å². The van der Waals surface area contributed by atoms with E-state index in [2.05, 4.69) is 31.3 Å². The van der Waals surface area contributed by atoms with Crippen molar-refractivity contribution >= 4 is 13.7 Å². The Labute approximate surface area is 404 Å². The lowest BCUT2D eigenvalue weighted by Gasteiger charge is -2.25. The number of hydrogen-bond donors (Lipinski definition) is 3. The van der Waals surface area contributed by atoms with Crippen LogP contribution in [0.5, 0.6) is 0 Å². The summed E-state index contributed by atoms with van der Waals surface area (Å²) in [6, 6.07) is -0.843. The van der Waals surface area contributed by atoms with Crippen molar-refractivity contribution in [3.63, 3.8) is 0 Å². The number of carbonyl (C=O) groups is 1. The summed E-state index contributed by atoms with van der Waals surface area (Å²) in [5, 5.41) is 13.9. The zero-order valence-electron chi connectivity index (χ0n) is 44.0. The molecule has 0 fully saturated rings. The van der Waals surface area contributed by atoms with E-state index in [0.717, 1.165) is 38.5 Å². The molecule has 3 atom stereocenters. The molecule has 0 rings (SSSR count). The summed E-state index contributed by atoms with van der Waals surface area (Å²) in [5.41, 5.74) is 0. The van der Waals surface area contributed by atoms with Gasteiger partial charge in [0.25, 0.3) is 0 Å². The van der Waals surface area contributed by atoms with Gasteiger partial charge in [0, 0.05) is 6.42 Å². The molecule has 0 heterocycles. The van der Waals surface area contributed by atoms with Crippen molar-refractivity contribution in [3.8, 4) is 0 Å². The number of likely N-dealkylation sites (N-methyl/N-ethyl adjacent to an activating group) is 1. The van der Waals surface area contributed by atoms with Crippen molar-refractivity contribution in [2.75, 3.05) is 40.9 Å². The first-order chi connectivity index (χ1) is 31.5. The number of aliphatic hydroxyl groups excluding tert-OH is 1. The van der Waals surface area contributed by atoms with Gasteiger partial charge < -0.3 is 19.8 Å². The van der Waals surface area contributed by atoms with Crippen LogP contribution in [-0.2, 0) is 18.4 Å². The van der Waals surface area contributed by atoms with E-state index >= 15 is 0 Å². The summed E-state index contributed by atoms with van der Waals surface area (Å²) in [6.07, 6.45) is 60.0. The van der Waals surface area contributed by atoms with Gasteiger partial charge in [-0.3, -0.25) is 13.8 Å². The number of amides is 1. The van der Waals surface area contributed by atoms with Crippen molar-refractivity contribution in [2.24, 2.45) is 0 Å². The molecule has 0 spiro atoms. The minimum Gasteiger partial charge on any atom is -0.387 e. The third-order valence-electron chi connectivity index (χ3n) is 12.9. The molecule has 0 aromatic heterocycles. The van der Waals surface area contributed by atoms with Crippen LogP contribution >= 0.6 is 7.82 Å². The first kappa shape index (κ1) is 64.0. The molecule has 3 unspecified atom stereocenters. The molecule has 0 aliphatic heterocycles. The molecule has 8 nitrogen and oxygen atoms in total. The molecule has 0 saturated carbocycles. The summed E-state index contributed by atoms with van der Waals surface area (Å²) in [4.78, 5) is 23.2. The highest BCUT2D eigenvalue weighted by Gasteiger charge is 2.27. The van der Waals surface area contributed by atoms with Crippen molar-refractivity contribution < 1.29 is 32.9 Å². The molecule has 0 saturated heterocycles. The lowest BCUT2D eigenvalue weighted by Crippen LogP contribution is -2.45. The number of aliphatic hydroxyl groups is 1. The number of allylic oxidation sites excluding steroid dienone is 3. The topological polar surface area (TPSA) is 105 Å². The Hall–Kier alpha value is -1.02. The Morgan fingerprint density at radius 2 is 0.831 bits per heavy atom. The minimum atomic E-state index is -4.34. The van der Waals surface area contributed by atoms with E-state index in [1.165, 1.54) is 218 Å². The van der Waals surface area contributed by atoms with Gasteiger partial charge in [0.05, 0.1) is 39.9 Å². The second-order valence-electron chi connectivity index (χ2n) is 20.7. The van der Waals surface area contributed by atoms with Crippen LogP contribution in [0.4, 0.5) is 0 Å². The van der Waals surface area contributed by atoms with Gasteiger partial charge in [-0.25, -0.2) is 4.57 Å². The molecule has 0 bridgehead atoms. The van der Waals surface area contributed by atoms with E-state index in [0.29, 0.717) is 17.4 Å². The molecule has 3 N–H and O–H groups in total. The average Bonchev–Trinajstić information content (AvgIpc) is 3.26. The van der Waals surface area contributed by atoms with Gasteiger partial charge in [-0.1, -0.05) is 250 Å². The number of nitrogens with one attached hydrogen (secondary N) is 1. The first-order valence-electron chi connectivity index (χ1n) is 28.2. The third kappa shape index (κ3) is 50.7. The molecule has 9 heteroatoms. The molecule has 0 radical (unpaired) electrons. The van der Waals surface area contributed by atoms with Crippen molar-refractivity contribution in [3.05, 3.63) is 24.3 Å². The van der Waals surface area contributed by atoms with Crippen LogP contribution in [0.3, 0.4) is 0 Å². The summed E-state index contributed by atoms with van der Waals surface area (Å²) < 4.78 is 23.6. The second-order valence-corrected chi connectivity index (χ2v) is 22.1. The second kappa shape index (κ2) is 48.0. The van der Waals surface area contributed by atoms with Gasteiger partial charge in [0.15, 0.2) is 0 Å². The Balaban J connectivity index is 4.01. The maximum atomic E-state index is 12.9. The quantitative estimate of drug-likeness (QED) is 0.0243. The number of quaternary nitrogens is 1. The summed E-state index contributed by atoms with van der Waals surface area (Å²) >= 11 is 0. The highest BCUT2D eigenvalue weighted by Crippen LogP contribution is 2.43. The fraction of sp³-hybridized carbons (Fsp3) is 0.911. The summed E-state index contributed by atoms with van der Waals surface area (Å²) in [5.74, 6) is -0.174. The zero-order valence-corrected chi connectivity index (χ0v) is 44.9. The lowest BCUT2D eigenvalue weighted by atomic mass is 10.0. The predicted molar refractivity (Wildman–Crippen MR) is 281 cm³/mol. The molecular formula is C56H112N2O6P+. The van der Waals surface area contributed by atoms with E-state index in [1.807, 2.05) is 27.2 Å². The number of carbonyl (C=O) groups excluding carboxylic acids is 1. The molecular weight excluding hydrogens is 828 g/mol. The normalized spacial score (nSPS) is 14.1. The number of phosphoric ester groups is 1. The largest absolute Gasteiger partial charge is 0.472 e. The fourth-order valence-corrected chi connectivity index (χ4v) is 9.19. The Kier molecular flexibility index (Phi) is 47.3. The smallest absolute Gasteiger partial charge is 0.387 e. The van der Waals surface area contributed by atoms with Gasteiger partial charge >= 0.3 is 7.82 Å². The van der Waals surface area contributed by atoms with Crippen molar-refractivity contribution in [1.29, 1.82) is 0 Å². The zero-order chi connectivity index (χ0) is 47.8. The van der Waals surface area contributed by atoms with E-state index < -0.39 is 20.0 Å². The first-order valence-corrected chi connectivity index (χ1v) is 29.7. The van der Waals surface area contributed by atoms with Crippen LogP contribution in [0.2, 0.25) is 0 Å². The summed E-state index contributed by atoms with van der Waals surface area (Å²) in [6.45, 7) is 4.83. The Morgan fingerprint density at radius 1 is 0.508 bits per heavy atom.